The number of hydrogen-bond acceptors (Lipinski definition) is 6. The van der Waals surface area contributed by atoms with Crippen molar-refractivity contribution in [2.45, 2.75) is 6.92 Å². The van der Waals surface area contributed by atoms with E-state index in [9.17, 15) is 9.59 Å². The zero-order valence-electron chi connectivity index (χ0n) is 17.4. The van der Waals surface area contributed by atoms with Crippen LogP contribution in [0.2, 0.25) is 0 Å². The number of hydrogen-bond donors (Lipinski definition) is 0. The van der Waals surface area contributed by atoms with Gasteiger partial charge in [-0.3, -0.25) is 0 Å². The molecule has 0 atom stereocenters. The average molecular weight is 426 g/mol. The van der Waals surface area contributed by atoms with Gasteiger partial charge in [0.25, 0.3) is 0 Å². The molecular formula is C26H18O6. The molecule has 2 aromatic heterocycles. The summed E-state index contributed by atoms with van der Waals surface area (Å²) >= 11 is 0. The quantitative estimate of drug-likeness (QED) is 0.207. The molecule has 5 aromatic rings. The Bertz CT molecular complexity index is 1510. The number of furan rings is 1. The summed E-state index contributed by atoms with van der Waals surface area (Å²) in [5.74, 6) is 0.923. The molecule has 0 fully saturated rings. The number of benzene rings is 3. The lowest BCUT2D eigenvalue weighted by Crippen LogP contribution is -2.09. The number of fused-ring (bicyclic) bond motifs is 2. The fourth-order valence-electron chi connectivity index (χ4n) is 3.63. The van der Waals surface area contributed by atoms with Gasteiger partial charge in [0.1, 0.15) is 28.4 Å². The van der Waals surface area contributed by atoms with E-state index in [2.05, 4.69) is 0 Å². The smallest absolute Gasteiger partial charge is 0.343 e. The highest BCUT2D eigenvalue weighted by atomic mass is 16.5. The van der Waals surface area contributed by atoms with Gasteiger partial charge in [-0.2, -0.15) is 0 Å². The summed E-state index contributed by atoms with van der Waals surface area (Å²) in [6.07, 6.45) is 0. The van der Waals surface area contributed by atoms with Gasteiger partial charge in [0.2, 0.25) is 0 Å². The molecule has 0 N–H and O–H groups in total. The summed E-state index contributed by atoms with van der Waals surface area (Å²) in [4.78, 5) is 24.9. The Morgan fingerprint density at radius 3 is 2.53 bits per heavy atom. The third-order valence-corrected chi connectivity index (χ3v) is 5.24. The lowest BCUT2D eigenvalue weighted by Gasteiger charge is -2.11. The third kappa shape index (κ3) is 3.52. The van der Waals surface area contributed by atoms with Crippen molar-refractivity contribution in [1.29, 1.82) is 0 Å². The van der Waals surface area contributed by atoms with E-state index in [4.69, 9.17) is 18.3 Å². The molecule has 0 bridgehead atoms. The van der Waals surface area contributed by atoms with Crippen LogP contribution in [0.25, 0.3) is 33.3 Å². The predicted octanol–water partition coefficient (Wildman–Crippen LogP) is 5.74. The van der Waals surface area contributed by atoms with Crippen molar-refractivity contribution in [2.24, 2.45) is 0 Å². The number of para-hydroxylation sites is 1. The molecule has 0 saturated carbocycles. The summed E-state index contributed by atoms with van der Waals surface area (Å²) in [7, 11) is 1.53. The van der Waals surface area contributed by atoms with Gasteiger partial charge in [0.15, 0.2) is 0 Å². The van der Waals surface area contributed by atoms with Crippen LogP contribution in [0.3, 0.4) is 0 Å². The SMILES string of the molecule is COc1cccc(C(=O)Oc2cc3c(-c4cc5ccccc5o4)cc(=O)oc3cc2C)c1. The molecule has 0 aliphatic rings. The number of methoxy groups -OCH3 is 1. The standard InChI is InChI=1S/C26H18O6/c1-15-10-23-19(13-22(15)32-26(28)17-7-5-8-18(11-17)29-2)20(14-25(27)31-23)24-12-16-6-3-4-9-21(16)30-24/h3-14H,1-2H3. The molecule has 3 aromatic carbocycles. The Kier molecular flexibility index (Phi) is 4.75. The predicted molar refractivity (Wildman–Crippen MR) is 120 cm³/mol. The molecule has 158 valence electrons. The number of carbonyl (C=O) groups is 1. The van der Waals surface area contributed by atoms with Crippen LogP contribution in [-0.4, -0.2) is 13.1 Å². The minimum absolute atomic E-state index is 0.358. The monoisotopic (exact) mass is 426 g/mol. The van der Waals surface area contributed by atoms with Gasteiger partial charge < -0.3 is 18.3 Å². The molecule has 32 heavy (non-hydrogen) atoms. The maximum atomic E-state index is 12.7. The second kappa shape index (κ2) is 7.74. The summed E-state index contributed by atoms with van der Waals surface area (Å²) < 4.78 is 22.2. The summed E-state index contributed by atoms with van der Waals surface area (Å²) in [5, 5.41) is 1.52. The molecule has 0 aliphatic heterocycles. The molecule has 0 radical (unpaired) electrons. The van der Waals surface area contributed by atoms with Crippen LogP contribution < -0.4 is 15.1 Å². The van der Waals surface area contributed by atoms with Gasteiger partial charge in [0, 0.05) is 22.4 Å². The Labute approximate surface area is 182 Å². The lowest BCUT2D eigenvalue weighted by atomic mass is 10.0. The van der Waals surface area contributed by atoms with E-state index in [-0.39, 0.29) is 0 Å². The van der Waals surface area contributed by atoms with Crippen LogP contribution in [0.1, 0.15) is 15.9 Å². The highest BCUT2D eigenvalue weighted by molar-refractivity contribution is 5.97. The van der Waals surface area contributed by atoms with E-state index in [1.54, 1.807) is 43.3 Å². The largest absolute Gasteiger partial charge is 0.497 e. The fraction of sp³-hybridized carbons (Fsp3) is 0.0769. The van der Waals surface area contributed by atoms with E-state index in [0.717, 1.165) is 5.39 Å². The Hall–Kier alpha value is -4.32. The molecule has 6 heteroatoms. The van der Waals surface area contributed by atoms with Crippen LogP contribution in [0, 0.1) is 6.92 Å². The van der Waals surface area contributed by atoms with E-state index in [0.29, 0.717) is 50.5 Å². The van der Waals surface area contributed by atoms with E-state index in [1.165, 1.54) is 13.2 Å². The molecule has 0 unspecified atom stereocenters. The van der Waals surface area contributed by atoms with Crippen LogP contribution in [0.15, 0.2) is 86.4 Å². The molecule has 0 spiro atoms. The summed E-state index contributed by atoms with van der Waals surface area (Å²) in [5.41, 5.74) is 2.17. The first-order valence-corrected chi connectivity index (χ1v) is 9.95. The van der Waals surface area contributed by atoms with Crippen molar-refractivity contribution in [3.8, 4) is 22.8 Å². The van der Waals surface area contributed by atoms with Crippen molar-refractivity contribution in [1.82, 2.24) is 0 Å². The Morgan fingerprint density at radius 2 is 1.72 bits per heavy atom. The number of rotatable bonds is 4. The number of aryl methyl sites for hydroxylation is 1. The van der Waals surface area contributed by atoms with Gasteiger partial charge in [-0.25, -0.2) is 9.59 Å². The van der Waals surface area contributed by atoms with Gasteiger partial charge in [-0.05, 0) is 55.0 Å². The molecule has 0 amide bonds. The second-order valence-corrected chi connectivity index (χ2v) is 7.36. The molecule has 2 heterocycles. The highest BCUT2D eigenvalue weighted by Crippen LogP contribution is 2.35. The van der Waals surface area contributed by atoms with Gasteiger partial charge in [-0.15, -0.1) is 0 Å². The van der Waals surface area contributed by atoms with Crippen molar-refractivity contribution >= 4 is 27.9 Å². The fourth-order valence-corrected chi connectivity index (χ4v) is 3.63. The Morgan fingerprint density at radius 1 is 0.875 bits per heavy atom. The first-order chi connectivity index (χ1) is 15.5. The van der Waals surface area contributed by atoms with E-state index >= 15 is 0 Å². The minimum atomic E-state index is -0.519. The van der Waals surface area contributed by atoms with E-state index in [1.807, 2.05) is 30.3 Å². The van der Waals surface area contributed by atoms with Crippen LogP contribution in [0.4, 0.5) is 0 Å². The number of esters is 1. The van der Waals surface area contributed by atoms with Crippen molar-refractivity contribution < 1.29 is 23.1 Å². The lowest BCUT2D eigenvalue weighted by molar-refractivity contribution is 0.0733. The summed E-state index contributed by atoms with van der Waals surface area (Å²) in [6, 6.07) is 20.9. The van der Waals surface area contributed by atoms with Crippen LogP contribution in [-0.2, 0) is 0 Å². The third-order valence-electron chi connectivity index (χ3n) is 5.24. The number of ether oxygens (including phenoxy) is 2. The topological polar surface area (TPSA) is 78.9 Å². The first kappa shape index (κ1) is 19.6. The molecule has 0 aliphatic carbocycles. The molecule has 6 nitrogen and oxygen atoms in total. The van der Waals surface area contributed by atoms with Crippen molar-refractivity contribution in [3.63, 3.8) is 0 Å². The van der Waals surface area contributed by atoms with Gasteiger partial charge >= 0.3 is 11.6 Å². The van der Waals surface area contributed by atoms with Crippen molar-refractivity contribution in [2.75, 3.05) is 7.11 Å². The minimum Gasteiger partial charge on any atom is -0.497 e. The molecule has 5 rings (SSSR count). The van der Waals surface area contributed by atoms with Gasteiger partial charge in [-0.1, -0.05) is 24.3 Å². The zero-order chi connectivity index (χ0) is 22.2. The zero-order valence-corrected chi connectivity index (χ0v) is 17.4. The maximum Gasteiger partial charge on any atom is 0.343 e. The van der Waals surface area contributed by atoms with Crippen LogP contribution >= 0.6 is 0 Å². The summed E-state index contributed by atoms with van der Waals surface area (Å²) in [6.45, 7) is 1.78. The van der Waals surface area contributed by atoms with Gasteiger partial charge in [0.05, 0.1) is 12.7 Å². The second-order valence-electron chi connectivity index (χ2n) is 7.36. The van der Waals surface area contributed by atoms with E-state index < -0.39 is 11.6 Å². The normalized spacial score (nSPS) is 11.1. The molecule has 0 saturated heterocycles. The Balaban J connectivity index is 1.61. The first-order valence-electron chi connectivity index (χ1n) is 9.95. The molecular weight excluding hydrogens is 408 g/mol. The highest BCUT2D eigenvalue weighted by Gasteiger charge is 2.17. The van der Waals surface area contributed by atoms with Crippen molar-refractivity contribution in [3.05, 3.63) is 94.3 Å². The van der Waals surface area contributed by atoms with Crippen LogP contribution in [0.5, 0.6) is 11.5 Å². The number of carbonyl (C=O) groups excluding carboxylic acids is 1. The average Bonchev–Trinajstić information content (AvgIpc) is 3.23. The maximum absolute atomic E-state index is 12.7.